The normalized spacial score (nSPS) is 11.7. The Labute approximate surface area is 218 Å². The van der Waals surface area contributed by atoms with Crippen LogP contribution in [0.3, 0.4) is 0 Å². The van der Waals surface area contributed by atoms with E-state index in [2.05, 4.69) is 12.2 Å². The number of benzene rings is 3. The fourth-order valence-corrected chi connectivity index (χ4v) is 4.43. The Morgan fingerprint density at radius 1 is 0.943 bits per heavy atom. The summed E-state index contributed by atoms with van der Waals surface area (Å²) in [5.74, 6) is -0.289. The number of amides is 2. The van der Waals surface area contributed by atoms with E-state index in [0.29, 0.717) is 23.0 Å². The van der Waals surface area contributed by atoms with Crippen LogP contribution in [0.15, 0.2) is 72.8 Å². The lowest BCUT2D eigenvalue weighted by molar-refractivity contribution is -0.140. The van der Waals surface area contributed by atoms with Crippen molar-refractivity contribution in [2.45, 2.75) is 52.1 Å². The Balaban J connectivity index is 1.98. The zero-order chi connectivity index (χ0) is 25.2. The van der Waals surface area contributed by atoms with Crippen molar-refractivity contribution in [3.8, 4) is 0 Å². The van der Waals surface area contributed by atoms with Gasteiger partial charge in [-0.25, -0.2) is 0 Å². The van der Waals surface area contributed by atoms with Gasteiger partial charge in [0.25, 0.3) is 0 Å². The van der Waals surface area contributed by atoms with E-state index < -0.39 is 6.04 Å². The van der Waals surface area contributed by atoms with E-state index in [0.717, 1.165) is 35.1 Å². The maximum atomic E-state index is 13.8. The highest BCUT2D eigenvalue weighted by atomic mass is 35.5. The van der Waals surface area contributed by atoms with Gasteiger partial charge in [0.1, 0.15) is 6.04 Å². The standard InChI is InChI=1S/C29H32Cl2N2O2/c1-3-4-16-32-29(35)27(17-22-11-6-5-7-12-22)33(20-24-14-15-25(30)19-26(24)31)28(34)18-23-13-9-8-10-21(23)2/h5-15,19,27H,3-4,16-18,20H2,1-2H3,(H,32,35)/t27-/m0/s1. The Morgan fingerprint density at radius 2 is 1.66 bits per heavy atom. The van der Waals surface area contributed by atoms with Crippen LogP contribution in [-0.2, 0) is 29.0 Å². The lowest BCUT2D eigenvalue weighted by atomic mass is 10.00. The highest BCUT2D eigenvalue weighted by Gasteiger charge is 2.31. The van der Waals surface area contributed by atoms with Gasteiger partial charge in [0.05, 0.1) is 6.42 Å². The number of aryl methyl sites for hydroxylation is 1. The number of rotatable bonds is 11. The van der Waals surface area contributed by atoms with Gasteiger partial charge < -0.3 is 10.2 Å². The predicted molar refractivity (Wildman–Crippen MR) is 144 cm³/mol. The largest absolute Gasteiger partial charge is 0.354 e. The van der Waals surface area contributed by atoms with Crippen molar-refractivity contribution in [1.82, 2.24) is 10.2 Å². The zero-order valence-electron chi connectivity index (χ0n) is 20.3. The van der Waals surface area contributed by atoms with E-state index in [-0.39, 0.29) is 24.8 Å². The molecule has 0 saturated carbocycles. The minimum atomic E-state index is -0.683. The lowest BCUT2D eigenvalue weighted by Crippen LogP contribution is -2.51. The quantitative estimate of drug-likeness (QED) is 0.303. The highest BCUT2D eigenvalue weighted by Crippen LogP contribution is 2.25. The molecule has 35 heavy (non-hydrogen) atoms. The van der Waals surface area contributed by atoms with Crippen LogP contribution in [0, 0.1) is 6.92 Å². The summed E-state index contributed by atoms with van der Waals surface area (Å²) < 4.78 is 0. The molecular weight excluding hydrogens is 479 g/mol. The Morgan fingerprint density at radius 3 is 2.34 bits per heavy atom. The minimum Gasteiger partial charge on any atom is -0.354 e. The summed E-state index contributed by atoms with van der Waals surface area (Å²) in [5, 5.41) is 4.03. The van der Waals surface area contributed by atoms with Crippen LogP contribution in [0.25, 0.3) is 0 Å². The molecule has 0 aliphatic heterocycles. The van der Waals surface area contributed by atoms with Gasteiger partial charge in [-0.1, -0.05) is 97.2 Å². The topological polar surface area (TPSA) is 49.4 Å². The first-order chi connectivity index (χ1) is 16.9. The summed E-state index contributed by atoms with van der Waals surface area (Å²) >= 11 is 12.6. The summed E-state index contributed by atoms with van der Waals surface area (Å²) in [6.07, 6.45) is 2.46. The third-order valence-electron chi connectivity index (χ3n) is 6.06. The molecule has 3 rings (SSSR count). The molecule has 0 aliphatic carbocycles. The van der Waals surface area contributed by atoms with Crippen LogP contribution in [0.2, 0.25) is 10.0 Å². The molecule has 0 aromatic heterocycles. The van der Waals surface area contributed by atoms with E-state index in [9.17, 15) is 9.59 Å². The van der Waals surface area contributed by atoms with Crippen molar-refractivity contribution in [3.05, 3.63) is 105 Å². The Hall–Kier alpha value is -2.82. The van der Waals surface area contributed by atoms with Crippen LogP contribution in [0.4, 0.5) is 0 Å². The molecule has 0 fully saturated rings. The molecule has 0 saturated heterocycles. The van der Waals surface area contributed by atoms with Crippen LogP contribution >= 0.6 is 23.2 Å². The first-order valence-corrected chi connectivity index (χ1v) is 12.7. The Kier molecular flexibility index (Phi) is 10.2. The van der Waals surface area contributed by atoms with Gasteiger partial charge in [0, 0.05) is 29.6 Å². The molecule has 2 amide bonds. The van der Waals surface area contributed by atoms with Crippen molar-refractivity contribution in [1.29, 1.82) is 0 Å². The van der Waals surface area contributed by atoms with Crippen molar-refractivity contribution in [3.63, 3.8) is 0 Å². The second-order valence-electron chi connectivity index (χ2n) is 8.71. The van der Waals surface area contributed by atoms with Gasteiger partial charge in [-0.05, 0) is 47.7 Å². The van der Waals surface area contributed by atoms with Crippen LogP contribution in [0.1, 0.15) is 42.0 Å². The van der Waals surface area contributed by atoms with Crippen LogP contribution in [-0.4, -0.2) is 29.3 Å². The Bertz CT molecular complexity index is 1130. The molecule has 184 valence electrons. The molecule has 4 nitrogen and oxygen atoms in total. The average Bonchev–Trinajstić information content (AvgIpc) is 2.84. The van der Waals surface area contributed by atoms with Crippen molar-refractivity contribution in [2.75, 3.05) is 6.54 Å². The van der Waals surface area contributed by atoms with E-state index in [4.69, 9.17) is 23.2 Å². The third-order valence-corrected chi connectivity index (χ3v) is 6.65. The van der Waals surface area contributed by atoms with Gasteiger partial charge >= 0.3 is 0 Å². The molecule has 0 heterocycles. The fraction of sp³-hybridized carbons (Fsp3) is 0.310. The van der Waals surface area contributed by atoms with Gasteiger partial charge in [-0.2, -0.15) is 0 Å². The average molecular weight is 511 g/mol. The third kappa shape index (κ3) is 7.84. The molecule has 3 aromatic rings. The predicted octanol–water partition coefficient (Wildman–Crippen LogP) is 6.40. The molecule has 0 bridgehead atoms. The number of carbonyl (C=O) groups excluding carboxylic acids is 2. The summed E-state index contributed by atoms with van der Waals surface area (Å²) in [4.78, 5) is 28.9. The van der Waals surface area contributed by atoms with Crippen molar-refractivity contribution in [2.24, 2.45) is 0 Å². The van der Waals surface area contributed by atoms with Gasteiger partial charge in [-0.3, -0.25) is 9.59 Å². The second-order valence-corrected chi connectivity index (χ2v) is 9.55. The molecule has 3 aromatic carbocycles. The minimum absolute atomic E-state index is 0.128. The first-order valence-electron chi connectivity index (χ1n) is 12.0. The molecule has 6 heteroatoms. The molecular formula is C29H32Cl2N2O2. The summed E-state index contributed by atoms with van der Waals surface area (Å²) in [6.45, 7) is 4.84. The van der Waals surface area contributed by atoms with Crippen LogP contribution < -0.4 is 5.32 Å². The van der Waals surface area contributed by atoms with E-state index in [1.165, 1.54) is 0 Å². The number of carbonyl (C=O) groups is 2. The SMILES string of the molecule is CCCCNC(=O)[C@H](Cc1ccccc1)N(Cc1ccc(Cl)cc1Cl)C(=O)Cc1ccccc1C. The monoisotopic (exact) mass is 510 g/mol. The molecule has 0 spiro atoms. The summed E-state index contributed by atoms with van der Waals surface area (Å²) in [6, 6.07) is 22.1. The van der Waals surface area contributed by atoms with Crippen LogP contribution in [0.5, 0.6) is 0 Å². The number of halogens is 2. The highest BCUT2D eigenvalue weighted by molar-refractivity contribution is 6.35. The fourth-order valence-electron chi connectivity index (χ4n) is 3.97. The molecule has 0 unspecified atom stereocenters. The zero-order valence-corrected chi connectivity index (χ0v) is 21.8. The van der Waals surface area contributed by atoms with Crippen molar-refractivity contribution < 1.29 is 9.59 Å². The summed E-state index contributed by atoms with van der Waals surface area (Å²) in [7, 11) is 0. The van der Waals surface area contributed by atoms with E-state index >= 15 is 0 Å². The molecule has 1 atom stereocenters. The number of nitrogens with one attached hydrogen (secondary N) is 1. The van der Waals surface area contributed by atoms with Gasteiger partial charge in [0.15, 0.2) is 0 Å². The number of hydrogen-bond donors (Lipinski definition) is 1. The maximum Gasteiger partial charge on any atom is 0.243 e. The van der Waals surface area contributed by atoms with Crippen molar-refractivity contribution >= 4 is 35.0 Å². The van der Waals surface area contributed by atoms with Gasteiger partial charge in [-0.15, -0.1) is 0 Å². The molecule has 1 N–H and O–H groups in total. The summed E-state index contributed by atoms with van der Waals surface area (Å²) in [5.41, 5.74) is 3.71. The first kappa shape index (κ1) is 26.8. The lowest BCUT2D eigenvalue weighted by Gasteiger charge is -2.32. The number of nitrogens with zero attached hydrogens (tertiary/aromatic N) is 1. The number of hydrogen-bond acceptors (Lipinski definition) is 2. The second kappa shape index (κ2) is 13.3. The maximum absolute atomic E-state index is 13.8. The number of unbranched alkanes of at least 4 members (excludes halogenated alkanes) is 1. The smallest absolute Gasteiger partial charge is 0.243 e. The molecule has 0 aliphatic rings. The van der Waals surface area contributed by atoms with E-state index in [1.54, 1.807) is 17.0 Å². The molecule has 0 radical (unpaired) electrons. The van der Waals surface area contributed by atoms with Gasteiger partial charge in [0.2, 0.25) is 11.8 Å². The van der Waals surface area contributed by atoms with E-state index in [1.807, 2.05) is 67.6 Å².